The maximum absolute atomic E-state index is 12.2. The van der Waals surface area contributed by atoms with Gasteiger partial charge in [-0.05, 0) is 24.7 Å². The Hall–Kier alpha value is 0.708. The van der Waals surface area contributed by atoms with Gasteiger partial charge in [0.2, 0.25) is 0 Å². The van der Waals surface area contributed by atoms with Crippen molar-refractivity contribution in [1.29, 1.82) is 0 Å². The van der Waals surface area contributed by atoms with Crippen LogP contribution in [0.15, 0.2) is 0 Å². The van der Waals surface area contributed by atoms with Crippen molar-refractivity contribution >= 4 is 11.9 Å². The van der Waals surface area contributed by atoms with Crippen LogP contribution in [-0.2, 0) is 40.1 Å². The van der Waals surface area contributed by atoms with Gasteiger partial charge in [-0.15, -0.1) is 0 Å². The van der Waals surface area contributed by atoms with Crippen molar-refractivity contribution in [3.05, 3.63) is 0 Å². The molecule has 0 spiro atoms. The molecule has 2 rings (SSSR count). The third-order valence-corrected chi connectivity index (χ3v) is 6.47. The SMILES string of the molecule is COC(=O)C(CC1CCCCC1)NCCNC(CC1CCCCC1)C(=O)OC.[Cl-].[Cl-].[Cl-].[Cl-].[Pt+4]. The first-order valence-corrected chi connectivity index (χ1v) is 11.3. The summed E-state index contributed by atoms with van der Waals surface area (Å²) in [6.07, 6.45) is 14.2. The Morgan fingerprint density at radius 3 is 1.24 bits per heavy atom. The molecule has 6 nitrogen and oxygen atoms in total. The van der Waals surface area contributed by atoms with E-state index in [0.29, 0.717) is 24.9 Å². The Balaban J connectivity index is -0.000000841. The molecule has 2 saturated carbocycles. The van der Waals surface area contributed by atoms with Gasteiger partial charge in [0.05, 0.1) is 14.2 Å². The normalized spacial score (nSPS) is 17.9. The summed E-state index contributed by atoms with van der Waals surface area (Å²) in [6, 6.07) is -0.519. The predicted molar refractivity (Wildman–Crippen MR) is 110 cm³/mol. The van der Waals surface area contributed by atoms with Crippen LogP contribution in [0.5, 0.6) is 0 Å². The minimum Gasteiger partial charge on any atom is -1.00 e. The molecular weight excluding hydrogens is 693 g/mol. The number of rotatable bonds is 11. The molecule has 200 valence electrons. The van der Waals surface area contributed by atoms with Gasteiger partial charge < -0.3 is 69.7 Å². The third kappa shape index (κ3) is 16.1. The van der Waals surface area contributed by atoms with Crippen molar-refractivity contribution in [3.8, 4) is 0 Å². The van der Waals surface area contributed by atoms with Crippen molar-refractivity contribution in [1.82, 2.24) is 10.6 Å². The second kappa shape index (κ2) is 24.4. The Bertz CT molecular complexity index is 441. The van der Waals surface area contributed by atoms with E-state index in [2.05, 4.69) is 10.6 Å². The molecule has 0 saturated heterocycles. The third-order valence-electron chi connectivity index (χ3n) is 6.47. The summed E-state index contributed by atoms with van der Waals surface area (Å²) >= 11 is 0. The van der Waals surface area contributed by atoms with E-state index in [1.165, 1.54) is 78.4 Å². The monoisotopic (exact) mass is 731 g/mol. The van der Waals surface area contributed by atoms with Crippen LogP contribution in [0.4, 0.5) is 0 Å². The van der Waals surface area contributed by atoms with Crippen LogP contribution in [0.1, 0.15) is 77.0 Å². The first-order chi connectivity index (χ1) is 13.6. The predicted octanol–water partition coefficient (Wildman–Crippen LogP) is -8.80. The van der Waals surface area contributed by atoms with E-state index in [4.69, 9.17) is 9.47 Å². The first kappa shape index (κ1) is 40.9. The van der Waals surface area contributed by atoms with Gasteiger partial charge in [-0.3, -0.25) is 9.59 Å². The van der Waals surface area contributed by atoms with E-state index < -0.39 is 0 Å². The van der Waals surface area contributed by atoms with E-state index >= 15 is 0 Å². The number of halogens is 4. The van der Waals surface area contributed by atoms with Crippen LogP contribution in [0.2, 0.25) is 0 Å². The van der Waals surface area contributed by atoms with Crippen LogP contribution in [-0.4, -0.2) is 51.3 Å². The van der Waals surface area contributed by atoms with Gasteiger partial charge in [0.25, 0.3) is 0 Å². The fourth-order valence-electron chi connectivity index (χ4n) is 4.82. The quantitative estimate of drug-likeness (QED) is 0.163. The Morgan fingerprint density at radius 1 is 0.667 bits per heavy atom. The van der Waals surface area contributed by atoms with Crippen molar-refractivity contribution in [2.75, 3.05) is 27.3 Å². The number of hydrogen-bond donors (Lipinski definition) is 2. The number of esters is 2. The van der Waals surface area contributed by atoms with Gasteiger partial charge in [-0.1, -0.05) is 64.2 Å². The van der Waals surface area contributed by atoms with Gasteiger partial charge in [-0.25, -0.2) is 0 Å². The minimum absolute atomic E-state index is 0. The van der Waals surface area contributed by atoms with Gasteiger partial charge in [0.1, 0.15) is 12.1 Å². The fraction of sp³-hybridized carbons (Fsp3) is 0.909. The van der Waals surface area contributed by atoms with Crippen LogP contribution in [0.25, 0.3) is 0 Å². The molecule has 2 unspecified atom stereocenters. The summed E-state index contributed by atoms with van der Waals surface area (Å²) in [7, 11) is 2.90. The second-order valence-corrected chi connectivity index (χ2v) is 8.54. The molecule has 11 heteroatoms. The van der Waals surface area contributed by atoms with Crippen molar-refractivity contribution in [3.63, 3.8) is 0 Å². The number of ether oxygens (including phenoxy) is 2. The number of nitrogens with one attached hydrogen (secondary N) is 2. The average Bonchev–Trinajstić information content (AvgIpc) is 2.75. The molecule has 2 aliphatic rings. The van der Waals surface area contributed by atoms with Crippen molar-refractivity contribution in [2.45, 2.75) is 89.1 Å². The molecule has 0 bridgehead atoms. The van der Waals surface area contributed by atoms with E-state index in [-0.39, 0.29) is 94.7 Å². The Kier molecular flexibility index (Phi) is 30.2. The molecular formula is C22H40Cl4N2O4Pt. The number of carbonyl (C=O) groups excluding carboxylic acids is 2. The van der Waals surface area contributed by atoms with E-state index in [1.54, 1.807) is 0 Å². The summed E-state index contributed by atoms with van der Waals surface area (Å²) in [5, 5.41) is 6.69. The number of carbonyl (C=O) groups is 2. The van der Waals surface area contributed by atoms with E-state index in [0.717, 1.165) is 12.8 Å². The summed E-state index contributed by atoms with van der Waals surface area (Å²) in [5.74, 6) is 0.842. The number of methoxy groups -OCH3 is 2. The fourth-order valence-corrected chi connectivity index (χ4v) is 4.82. The molecule has 33 heavy (non-hydrogen) atoms. The second-order valence-electron chi connectivity index (χ2n) is 8.54. The summed E-state index contributed by atoms with van der Waals surface area (Å²) in [5.41, 5.74) is 0. The Labute approximate surface area is 239 Å². The Morgan fingerprint density at radius 2 is 0.970 bits per heavy atom. The van der Waals surface area contributed by atoms with E-state index in [9.17, 15) is 9.59 Å². The molecule has 0 radical (unpaired) electrons. The molecule has 0 heterocycles. The zero-order chi connectivity index (χ0) is 20.2. The summed E-state index contributed by atoms with van der Waals surface area (Å²) < 4.78 is 9.98. The molecule has 2 N–H and O–H groups in total. The topological polar surface area (TPSA) is 76.7 Å². The maximum Gasteiger partial charge on any atom is 4.00 e. The summed E-state index contributed by atoms with van der Waals surface area (Å²) in [6.45, 7) is 1.26. The maximum atomic E-state index is 12.2. The van der Waals surface area contributed by atoms with Crippen LogP contribution in [0, 0.1) is 11.8 Å². The molecule has 0 amide bonds. The zero-order valence-corrected chi connectivity index (χ0v) is 25.0. The largest absolute Gasteiger partial charge is 4.00 e. The van der Waals surface area contributed by atoms with E-state index in [1.807, 2.05) is 0 Å². The van der Waals surface area contributed by atoms with Crippen LogP contribution in [0.3, 0.4) is 0 Å². The van der Waals surface area contributed by atoms with Crippen LogP contribution >= 0.6 is 0 Å². The number of hydrogen-bond acceptors (Lipinski definition) is 6. The summed E-state index contributed by atoms with van der Waals surface area (Å²) in [4.78, 5) is 24.3. The molecule has 0 aromatic rings. The van der Waals surface area contributed by atoms with Gasteiger partial charge in [0.15, 0.2) is 0 Å². The van der Waals surface area contributed by atoms with Crippen molar-refractivity contribution < 1.29 is 89.8 Å². The smallest absolute Gasteiger partial charge is 1.00 e. The minimum atomic E-state index is -0.259. The van der Waals surface area contributed by atoms with Crippen molar-refractivity contribution in [2.24, 2.45) is 11.8 Å². The standard InChI is InChI=1S/C22H40N2O4.4ClH.Pt/c1-27-21(25)19(15-17-9-5-3-6-10-17)23-13-14-24-20(22(26)28-2)16-18-11-7-4-8-12-18;;;;;/h17-20,23-24H,3-16H2,1-2H3;4*1H;/q;;;;;+4/p-4. The molecule has 0 aromatic carbocycles. The molecule has 0 aromatic heterocycles. The van der Waals surface area contributed by atoms with Gasteiger partial charge in [-0.2, -0.15) is 0 Å². The van der Waals surface area contributed by atoms with Crippen LogP contribution < -0.4 is 60.3 Å². The molecule has 2 atom stereocenters. The molecule has 2 fully saturated rings. The zero-order valence-electron chi connectivity index (χ0n) is 19.7. The first-order valence-electron chi connectivity index (χ1n) is 11.3. The van der Waals surface area contributed by atoms with Gasteiger partial charge in [0, 0.05) is 13.1 Å². The molecule has 0 aliphatic heterocycles. The van der Waals surface area contributed by atoms with Gasteiger partial charge >= 0.3 is 33.0 Å². The average molecular weight is 733 g/mol. The molecule has 2 aliphatic carbocycles.